The molecule has 0 atom stereocenters. The standard InChI is InChI=1S/C8H11F3N4S2/c1-2-15(4-3-5(12)16)7-14-13-6(17-7)8(9,10)11/h2-4H2,1H3,(H2,12,16). The summed E-state index contributed by atoms with van der Waals surface area (Å²) in [6.45, 7) is 2.78. The van der Waals surface area contributed by atoms with E-state index in [4.69, 9.17) is 18.0 Å². The van der Waals surface area contributed by atoms with Crippen LogP contribution in [0.4, 0.5) is 18.3 Å². The SMILES string of the molecule is CCN(CCC(N)=S)c1nnc(C(F)(F)F)s1. The number of alkyl halides is 3. The lowest BCUT2D eigenvalue weighted by Gasteiger charge is -2.18. The first-order valence-corrected chi connectivity index (χ1v) is 6.01. The third kappa shape index (κ3) is 4.08. The predicted molar refractivity (Wildman–Crippen MR) is 64.2 cm³/mol. The number of nitrogens with zero attached hydrogens (tertiary/aromatic N) is 3. The van der Waals surface area contributed by atoms with Gasteiger partial charge in [-0.25, -0.2) is 0 Å². The van der Waals surface area contributed by atoms with Gasteiger partial charge in [-0.2, -0.15) is 13.2 Å². The molecule has 0 fully saturated rings. The quantitative estimate of drug-likeness (QED) is 0.839. The van der Waals surface area contributed by atoms with Gasteiger partial charge in [0.2, 0.25) is 10.1 Å². The maximum atomic E-state index is 12.3. The van der Waals surface area contributed by atoms with Crippen LogP contribution >= 0.6 is 23.6 Å². The molecule has 0 bridgehead atoms. The highest BCUT2D eigenvalue weighted by Crippen LogP contribution is 2.34. The molecule has 9 heteroatoms. The average Bonchev–Trinajstić information content (AvgIpc) is 2.67. The van der Waals surface area contributed by atoms with Gasteiger partial charge in [-0.1, -0.05) is 23.6 Å². The molecule has 1 heterocycles. The van der Waals surface area contributed by atoms with E-state index < -0.39 is 11.2 Å². The molecular weight excluding hydrogens is 273 g/mol. The van der Waals surface area contributed by atoms with Gasteiger partial charge >= 0.3 is 6.18 Å². The fraction of sp³-hybridized carbons (Fsp3) is 0.625. The van der Waals surface area contributed by atoms with Crippen molar-refractivity contribution in [3.05, 3.63) is 5.01 Å². The van der Waals surface area contributed by atoms with Crippen molar-refractivity contribution in [1.82, 2.24) is 10.2 Å². The first-order chi connectivity index (χ1) is 7.84. The van der Waals surface area contributed by atoms with Gasteiger partial charge in [-0.05, 0) is 6.92 Å². The number of nitrogens with two attached hydrogens (primary N) is 1. The minimum absolute atomic E-state index is 0.232. The summed E-state index contributed by atoms with van der Waals surface area (Å²) in [6.07, 6.45) is -4.01. The van der Waals surface area contributed by atoms with Crippen molar-refractivity contribution < 1.29 is 13.2 Å². The maximum Gasteiger partial charge on any atom is 0.445 e. The van der Waals surface area contributed by atoms with Crippen LogP contribution in [0.2, 0.25) is 0 Å². The molecule has 0 unspecified atom stereocenters. The van der Waals surface area contributed by atoms with Crippen LogP contribution in [0.3, 0.4) is 0 Å². The number of hydrogen-bond donors (Lipinski definition) is 1. The fourth-order valence-electron chi connectivity index (χ4n) is 1.09. The van der Waals surface area contributed by atoms with E-state index in [9.17, 15) is 13.2 Å². The van der Waals surface area contributed by atoms with Gasteiger partial charge in [0.25, 0.3) is 0 Å². The van der Waals surface area contributed by atoms with Crippen LogP contribution in [0, 0.1) is 0 Å². The molecule has 1 rings (SSSR count). The third-order valence-corrected chi connectivity index (χ3v) is 3.17. The summed E-state index contributed by atoms with van der Waals surface area (Å²) in [5, 5.41) is 5.93. The van der Waals surface area contributed by atoms with E-state index in [1.54, 1.807) is 4.90 Å². The van der Waals surface area contributed by atoms with Crippen molar-refractivity contribution >= 4 is 33.7 Å². The number of aromatic nitrogens is 2. The molecule has 0 saturated carbocycles. The molecule has 0 aliphatic rings. The van der Waals surface area contributed by atoms with Crippen molar-refractivity contribution in [3.63, 3.8) is 0 Å². The van der Waals surface area contributed by atoms with Crippen molar-refractivity contribution in [3.8, 4) is 0 Å². The zero-order chi connectivity index (χ0) is 13.1. The average molecular weight is 284 g/mol. The summed E-state index contributed by atoms with van der Waals surface area (Å²) in [5.74, 6) is 0. The van der Waals surface area contributed by atoms with Crippen molar-refractivity contribution in [2.75, 3.05) is 18.0 Å². The van der Waals surface area contributed by atoms with Crippen LogP contribution in [0.5, 0.6) is 0 Å². The Morgan fingerprint density at radius 3 is 2.53 bits per heavy atom. The Hall–Kier alpha value is -0.960. The molecule has 0 spiro atoms. The Balaban J connectivity index is 2.76. The molecule has 4 nitrogen and oxygen atoms in total. The normalized spacial score (nSPS) is 11.5. The molecule has 96 valence electrons. The number of halogens is 3. The maximum absolute atomic E-state index is 12.3. The summed E-state index contributed by atoms with van der Waals surface area (Å²) in [5.41, 5.74) is 5.34. The minimum atomic E-state index is -4.45. The number of thiocarbonyl (C=S) groups is 1. The molecule has 0 aliphatic heterocycles. The second-order valence-corrected chi connectivity index (χ2v) is 4.66. The molecule has 0 amide bonds. The summed E-state index contributed by atoms with van der Waals surface area (Å²) >= 11 is 5.23. The zero-order valence-electron chi connectivity index (χ0n) is 8.99. The molecule has 17 heavy (non-hydrogen) atoms. The van der Waals surface area contributed by atoms with Gasteiger partial charge in [0, 0.05) is 19.5 Å². The van der Waals surface area contributed by atoms with E-state index in [-0.39, 0.29) is 5.13 Å². The van der Waals surface area contributed by atoms with Gasteiger partial charge < -0.3 is 10.6 Å². The van der Waals surface area contributed by atoms with E-state index in [0.29, 0.717) is 35.8 Å². The van der Waals surface area contributed by atoms with Crippen LogP contribution in [0.1, 0.15) is 18.4 Å². The Morgan fingerprint density at radius 1 is 1.47 bits per heavy atom. The topological polar surface area (TPSA) is 55.0 Å². The van der Waals surface area contributed by atoms with Crippen molar-refractivity contribution in [1.29, 1.82) is 0 Å². The highest BCUT2D eigenvalue weighted by Gasteiger charge is 2.36. The summed E-state index contributed by atoms with van der Waals surface area (Å²) < 4.78 is 37.0. The van der Waals surface area contributed by atoms with Crippen molar-refractivity contribution in [2.45, 2.75) is 19.5 Å². The summed E-state index contributed by atoms with van der Waals surface area (Å²) in [4.78, 5) is 1.98. The molecule has 0 saturated heterocycles. The van der Waals surface area contributed by atoms with Crippen LogP contribution in [-0.4, -0.2) is 28.3 Å². The van der Waals surface area contributed by atoms with E-state index in [1.807, 2.05) is 6.92 Å². The number of rotatable bonds is 5. The molecule has 0 radical (unpaired) electrons. The molecule has 1 aromatic rings. The number of anilines is 1. The van der Waals surface area contributed by atoms with Crippen LogP contribution < -0.4 is 10.6 Å². The van der Waals surface area contributed by atoms with E-state index in [1.165, 1.54) is 0 Å². The van der Waals surface area contributed by atoms with Crippen molar-refractivity contribution in [2.24, 2.45) is 5.73 Å². The van der Waals surface area contributed by atoms with Crippen LogP contribution in [0.25, 0.3) is 0 Å². The third-order valence-electron chi connectivity index (χ3n) is 1.94. The largest absolute Gasteiger partial charge is 0.445 e. The first kappa shape index (κ1) is 14.1. The molecule has 2 N–H and O–H groups in total. The Morgan fingerprint density at radius 2 is 2.12 bits per heavy atom. The monoisotopic (exact) mass is 284 g/mol. The van der Waals surface area contributed by atoms with Gasteiger partial charge in [-0.15, -0.1) is 10.2 Å². The van der Waals surface area contributed by atoms with Crippen LogP contribution in [-0.2, 0) is 6.18 Å². The Kier molecular flexibility index (Phi) is 4.63. The van der Waals surface area contributed by atoms with E-state index in [2.05, 4.69) is 10.2 Å². The molecule has 0 aliphatic carbocycles. The fourth-order valence-corrected chi connectivity index (χ4v) is 1.98. The lowest BCUT2D eigenvalue weighted by Crippen LogP contribution is -2.27. The van der Waals surface area contributed by atoms with Gasteiger partial charge in [0.05, 0.1) is 4.99 Å². The second-order valence-electron chi connectivity index (χ2n) is 3.18. The predicted octanol–water partition coefficient (Wildman–Crippen LogP) is 2.06. The highest BCUT2D eigenvalue weighted by atomic mass is 32.1. The first-order valence-electron chi connectivity index (χ1n) is 4.78. The summed E-state index contributed by atoms with van der Waals surface area (Å²) in [7, 11) is 0. The molecular formula is C8H11F3N4S2. The van der Waals surface area contributed by atoms with Gasteiger partial charge in [0.15, 0.2) is 0 Å². The summed E-state index contributed by atoms with van der Waals surface area (Å²) in [6, 6.07) is 0. The highest BCUT2D eigenvalue weighted by molar-refractivity contribution is 7.80. The van der Waals surface area contributed by atoms with Gasteiger partial charge in [0.1, 0.15) is 0 Å². The zero-order valence-corrected chi connectivity index (χ0v) is 10.6. The van der Waals surface area contributed by atoms with E-state index >= 15 is 0 Å². The minimum Gasteiger partial charge on any atom is -0.393 e. The Labute approximate surface area is 106 Å². The molecule has 1 aromatic heterocycles. The van der Waals surface area contributed by atoms with E-state index in [0.717, 1.165) is 0 Å². The number of hydrogen-bond acceptors (Lipinski definition) is 5. The molecule has 0 aromatic carbocycles. The lowest BCUT2D eigenvalue weighted by molar-refractivity contribution is -0.138. The second kappa shape index (κ2) is 5.58. The Bertz CT molecular complexity index is 390. The van der Waals surface area contributed by atoms with Gasteiger partial charge in [-0.3, -0.25) is 0 Å². The lowest BCUT2D eigenvalue weighted by atomic mass is 10.4. The smallest absolute Gasteiger partial charge is 0.393 e. The van der Waals surface area contributed by atoms with Crippen LogP contribution in [0.15, 0.2) is 0 Å².